The predicted molar refractivity (Wildman–Crippen MR) is 98.5 cm³/mol. The second-order valence-electron chi connectivity index (χ2n) is 8.60. The van der Waals surface area contributed by atoms with Gasteiger partial charge in [-0.1, -0.05) is 38.4 Å². The molecule has 1 amide bonds. The van der Waals surface area contributed by atoms with Gasteiger partial charge in [0.1, 0.15) is 7.85 Å². The molecule has 0 N–H and O–H groups in total. The fourth-order valence-electron chi connectivity index (χ4n) is 4.40. The molecule has 0 spiro atoms. The van der Waals surface area contributed by atoms with Crippen molar-refractivity contribution in [1.29, 1.82) is 0 Å². The maximum absolute atomic E-state index is 13.1. The lowest BCUT2D eigenvalue weighted by molar-refractivity contribution is -0.138. The first-order valence-electron chi connectivity index (χ1n) is 9.76. The minimum absolute atomic E-state index is 0.217. The Morgan fingerprint density at radius 1 is 1.13 bits per heavy atom. The summed E-state index contributed by atoms with van der Waals surface area (Å²) >= 11 is 0. The summed E-state index contributed by atoms with van der Waals surface area (Å²) in [7, 11) is 2.40. The second-order valence-corrected chi connectivity index (χ2v) is 8.60. The monoisotopic (exact) mass is 321 g/mol. The van der Waals surface area contributed by atoms with Crippen molar-refractivity contribution in [2.45, 2.75) is 77.5 Å². The molecule has 2 atom stereocenters. The summed E-state index contributed by atoms with van der Waals surface area (Å²) in [5.41, 5.74) is 0.252. The number of carbonyl (C=O) groups is 1. The normalized spacial score (nSPS) is 33.7. The maximum Gasteiger partial charge on any atom is 0.225 e. The number of carbonyl (C=O) groups excluding carboxylic acids is 1. The summed E-state index contributed by atoms with van der Waals surface area (Å²) in [6.45, 7) is 10.4. The topological polar surface area (TPSA) is 29.5 Å². The van der Waals surface area contributed by atoms with Crippen LogP contribution in [0.5, 0.6) is 0 Å². The van der Waals surface area contributed by atoms with Crippen LogP contribution in [0.25, 0.3) is 0 Å². The van der Waals surface area contributed by atoms with E-state index in [2.05, 4.69) is 33.5 Å². The average Bonchev–Trinajstić information content (AvgIpc) is 2.47. The molecule has 0 aromatic rings. The Labute approximate surface area is 143 Å². The number of hydrogen-bond donors (Lipinski definition) is 0. The lowest BCUT2D eigenvalue weighted by atomic mass is 9.48. The standard InChI is InChI=1S/C19H36BNO2/c1-4-21(15-18(2)11-5-6-12-19(18,3)20)17(22)16-9-7-13-23-14-8-10-16/h16H,4-15,20H2,1-3H3/t18-,19+/m0/s1. The SMILES string of the molecule is B[C@]1(C)CCCC[C@@]1(C)CN(CC)C(=O)C1CCCOCCC1. The number of nitrogens with zero attached hydrogens (tertiary/aromatic N) is 1. The Morgan fingerprint density at radius 3 is 2.30 bits per heavy atom. The van der Waals surface area contributed by atoms with Gasteiger partial charge >= 0.3 is 0 Å². The molecular formula is C19H36BNO2. The fraction of sp³-hybridized carbons (Fsp3) is 0.947. The van der Waals surface area contributed by atoms with Crippen molar-refractivity contribution in [2.75, 3.05) is 26.3 Å². The Balaban J connectivity index is 2.04. The summed E-state index contributed by atoms with van der Waals surface area (Å²) in [6, 6.07) is 0. The largest absolute Gasteiger partial charge is 0.381 e. The third kappa shape index (κ3) is 4.52. The summed E-state index contributed by atoms with van der Waals surface area (Å²) in [4.78, 5) is 15.3. The van der Waals surface area contributed by atoms with Gasteiger partial charge in [0.05, 0.1) is 0 Å². The molecule has 2 fully saturated rings. The lowest BCUT2D eigenvalue weighted by Crippen LogP contribution is -2.48. The molecule has 1 aliphatic heterocycles. The highest BCUT2D eigenvalue weighted by atomic mass is 16.5. The van der Waals surface area contributed by atoms with Gasteiger partial charge in [-0.25, -0.2) is 0 Å². The first kappa shape index (κ1) is 18.8. The smallest absolute Gasteiger partial charge is 0.225 e. The molecule has 1 heterocycles. The van der Waals surface area contributed by atoms with Crippen molar-refractivity contribution in [1.82, 2.24) is 4.90 Å². The average molecular weight is 321 g/mol. The van der Waals surface area contributed by atoms with Gasteiger partial charge < -0.3 is 9.64 Å². The summed E-state index contributed by atoms with van der Waals surface area (Å²) in [5, 5.41) is 0.327. The Kier molecular flexibility index (Phi) is 6.59. The molecule has 0 aromatic heterocycles. The first-order chi connectivity index (χ1) is 10.9. The van der Waals surface area contributed by atoms with Crippen LogP contribution < -0.4 is 0 Å². The van der Waals surface area contributed by atoms with E-state index < -0.39 is 0 Å². The molecule has 0 radical (unpaired) electrons. The maximum atomic E-state index is 13.1. The van der Waals surface area contributed by atoms with E-state index in [1.54, 1.807) is 0 Å². The Morgan fingerprint density at radius 2 is 1.74 bits per heavy atom. The molecule has 2 rings (SSSR count). The van der Waals surface area contributed by atoms with E-state index in [4.69, 9.17) is 4.74 Å². The van der Waals surface area contributed by atoms with Crippen LogP contribution in [0.1, 0.15) is 72.1 Å². The van der Waals surface area contributed by atoms with Crippen molar-refractivity contribution in [2.24, 2.45) is 11.3 Å². The molecule has 23 heavy (non-hydrogen) atoms. The van der Waals surface area contributed by atoms with Gasteiger partial charge in [0.2, 0.25) is 5.91 Å². The number of ether oxygens (including phenoxy) is 1. The van der Waals surface area contributed by atoms with Crippen molar-refractivity contribution >= 4 is 13.8 Å². The van der Waals surface area contributed by atoms with Gasteiger partial charge in [0, 0.05) is 32.2 Å². The van der Waals surface area contributed by atoms with Crippen LogP contribution >= 0.6 is 0 Å². The van der Waals surface area contributed by atoms with Gasteiger partial charge in [0.15, 0.2) is 0 Å². The minimum Gasteiger partial charge on any atom is -0.381 e. The van der Waals surface area contributed by atoms with Crippen LogP contribution in [0.2, 0.25) is 5.31 Å². The summed E-state index contributed by atoms with van der Waals surface area (Å²) < 4.78 is 5.53. The molecule has 2 aliphatic rings. The predicted octanol–water partition coefficient (Wildman–Crippen LogP) is 3.43. The first-order valence-corrected chi connectivity index (χ1v) is 9.76. The molecular weight excluding hydrogens is 285 g/mol. The van der Waals surface area contributed by atoms with E-state index in [1.165, 1.54) is 25.7 Å². The van der Waals surface area contributed by atoms with Gasteiger partial charge in [-0.05, 0) is 44.4 Å². The number of amides is 1. The molecule has 0 bridgehead atoms. The van der Waals surface area contributed by atoms with Gasteiger partial charge in [-0.2, -0.15) is 0 Å². The van der Waals surface area contributed by atoms with Crippen LogP contribution in [-0.4, -0.2) is 45.0 Å². The van der Waals surface area contributed by atoms with Crippen LogP contribution in [-0.2, 0) is 9.53 Å². The fourth-order valence-corrected chi connectivity index (χ4v) is 4.40. The van der Waals surface area contributed by atoms with Crippen LogP contribution in [0, 0.1) is 11.3 Å². The van der Waals surface area contributed by atoms with Gasteiger partial charge in [-0.3, -0.25) is 4.79 Å². The Hall–Kier alpha value is -0.505. The van der Waals surface area contributed by atoms with E-state index in [1.807, 2.05) is 0 Å². The molecule has 0 aromatic carbocycles. The highest BCUT2D eigenvalue weighted by Gasteiger charge is 2.44. The van der Waals surface area contributed by atoms with Crippen LogP contribution in [0.4, 0.5) is 0 Å². The highest BCUT2D eigenvalue weighted by molar-refractivity contribution is 6.15. The van der Waals surface area contributed by atoms with E-state index in [0.29, 0.717) is 11.2 Å². The van der Waals surface area contributed by atoms with E-state index in [0.717, 1.165) is 52.0 Å². The van der Waals surface area contributed by atoms with E-state index in [9.17, 15) is 4.79 Å². The van der Waals surface area contributed by atoms with E-state index >= 15 is 0 Å². The van der Waals surface area contributed by atoms with Crippen LogP contribution in [0.3, 0.4) is 0 Å². The zero-order chi connectivity index (χ0) is 16.9. The minimum atomic E-state index is 0.217. The lowest BCUT2D eigenvalue weighted by Gasteiger charge is -2.50. The highest BCUT2D eigenvalue weighted by Crippen LogP contribution is 2.54. The summed E-state index contributed by atoms with van der Waals surface area (Å²) in [6.07, 6.45) is 9.23. The zero-order valence-corrected chi connectivity index (χ0v) is 15.8. The molecule has 1 saturated heterocycles. The molecule has 132 valence electrons. The van der Waals surface area contributed by atoms with Crippen molar-refractivity contribution in [3.8, 4) is 0 Å². The Bertz CT molecular complexity index is 391. The quantitative estimate of drug-likeness (QED) is 0.743. The van der Waals surface area contributed by atoms with Crippen molar-refractivity contribution in [3.63, 3.8) is 0 Å². The third-order valence-corrected chi connectivity index (χ3v) is 6.68. The zero-order valence-electron chi connectivity index (χ0n) is 15.8. The second kappa shape index (κ2) is 8.05. The summed E-state index contributed by atoms with van der Waals surface area (Å²) in [5.74, 6) is 0.617. The molecule has 1 saturated carbocycles. The number of hydrogen-bond acceptors (Lipinski definition) is 2. The van der Waals surface area contributed by atoms with Crippen LogP contribution in [0.15, 0.2) is 0 Å². The van der Waals surface area contributed by atoms with Gasteiger partial charge in [-0.15, -0.1) is 0 Å². The molecule has 4 heteroatoms. The van der Waals surface area contributed by atoms with E-state index in [-0.39, 0.29) is 11.3 Å². The third-order valence-electron chi connectivity index (χ3n) is 6.68. The number of rotatable bonds is 4. The van der Waals surface area contributed by atoms with Gasteiger partial charge in [0.25, 0.3) is 0 Å². The van der Waals surface area contributed by atoms with Crippen molar-refractivity contribution < 1.29 is 9.53 Å². The van der Waals surface area contributed by atoms with Crippen molar-refractivity contribution in [3.05, 3.63) is 0 Å². The molecule has 1 aliphatic carbocycles. The molecule has 0 unspecified atom stereocenters. The molecule has 3 nitrogen and oxygen atoms in total.